The van der Waals surface area contributed by atoms with E-state index >= 15 is 0 Å². The highest BCUT2D eigenvalue weighted by Crippen LogP contribution is 2.37. The van der Waals surface area contributed by atoms with Gasteiger partial charge in [-0.1, -0.05) is 29.8 Å². The van der Waals surface area contributed by atoms with E-state index in [2.05, 4.69) is 25.2 Å². The number of benzene rings is 2. The van der Waals surface area contributed by atoms with Crippen LogP contribution in [0.2, 0.25) is 5.02 Å². The number of nitrogens with zero attached hydrogens (tertiary/aromatic N) is 2. The largest absolute Gasteiger partial charge is 0.306 e. The second-order valence-electron chi connectivity index (χ2n) is 6.36. The van der Waals surface area contributed by atoms with Gasteiger partial charge in [0.25, 0.3) is 5.91 Å². The van der Waals surface area contributed by atoms with E-state index in [4.69, 9.17) is 16.7 Å². The number of rotatable bonds is 3. The number of aromatic nitrogens is 2. The minimum atomic E-state index is -0.182. The van der Waals surface area contributed by atoms with Crippen LogP contribution in [0.25, 0.3) is 5.69 Å². The molecule has 0 saturated heterocycles. The second-order valence-corrected chi connectivity index (χ2v) is 7.78. The molecule has 3 aromatic rings. The van der Waals surface area contributed by atoms with Gasteiger partial charge in [0, 0.05) is 27.7 Å². The summed E-state index contributed by atoms with van der Waals surface area (Å²) in [6.07, 6.45) is 0. The molecular weight excluding hydrogens is 366 g/mol. The van der Waals surface area contributed by atoms with E-state index in [9.17, 15) is 4.79 Å². The van der Waals surface area contributed by atoms with Gasteiger partial charge in [0.15, 0.2) is 0 Å². The number of halogens is 1. The zero-order chi connectivity index (χ0) is 18.3. The van der Waals surface area contributed by atoms with Crippen molar-refractivity contribution in [3.8, 4) is 5.69 Å². The third-order valence-corrected chi connectivity index (χ3v) is 5.88. The number of anilines is 1. The van der Waals surface area contributed by atoms with Crippen molar-refractivity contribution in [3.05, 3.63) is 75.4 Å². The Bertz CT molecular complexity index is 1010. The van der Waals surface area contributed by atoms with Crippen LogP contribution in [-0.2, 0) is 11.5 Å². The highest BCUT2D eigenvalue weighted by atomic mass is 35.5. The third-order valence-electron chi connectivity index (χ3n) is 4.67. The molecule has 1 aliphatic heterocycles. The number of hydrogen-bond donors (Lipinski definition) is 1. The molecule has 0 radical (unpaired) electrons. The predicted octanol–water partition coefficient (Wildman–Crippen LogP) is 5.14. The Morgan fingerprint density at radius 3 is 2.81 bits per heavy atom. The first-order valence-electron chi connectivity index (χ1n) is 8.36. The van der Waals surface area contributed by atoms with Gasteiger partial charge in [-0.15, -0.1) is 0 Å². The van der Waals surface area contributed by atoms with Crippen LogP contribution in [0.1, 0.15) is 32.7 Å². The molecule has 0 aliphatic carbocycles. The number of thioether (sulfide) groups is 1. The molecule has 1 N–H and O–H groups in total. The van der Waals surface area contributed by atoms with E-state index in [0.717, 1.165) is 39.8 Å². The lowest BCUT2D eigenvalue weighted by Gasteiger charge is -2.14. The molecule has 2 heterocycles. The molecule has 0 atom stereocenters. The third kappa shape index (κ3) is 3.02. The fourth-order valence-corrected chi connectivity index (χ4v) is 4.32. The molecule has 26 heavy (non-hydrogen) atoms. The Morgan fingerprint density at radius 1 is 1.19 bits per heavy atom. The van der Waals surface area contributed by atoms with E-state index in [1.807, 2.05) is 28.6 Å². The first-order chi connectivity index (χ1) is 12.5. The molecule has 1 aromatic heterocycles. The molecule has 132 valence electrons. The molecule has 0 unspecified atom stereocenters. The van der Waals surface area contributed by atoms with Gasteiger partial charge in [0.1, 0.15) is 5.82 Å². The summed E-state index contributed by atoms with van der Waals surface area (Å²) < 4.78 is 1.87. The summed E-state index contributed by atoms with van der Waals surface area (Å²) in [5.74, 6) is 2.29. The van der Waals surface area contributed by atoms with Gasteiger partial charge in [0.05, 0.1) is 11.4 Å². The lowest BCUT2D eigenvalue weighted by Crippen LogP contribution is -2.16. The quantitative estimate of drug-likeness (QED) is 0.681. The molecule has 1 amide bonds. The summed E-state index contributed by atoms with van der Waals surface area (Å²) in [5, 5.41) is 8.39. The van der Waals surface area contributed by atoms with Gasteiger partial charge in [0.2, 0.25) is 0 Å². The van der Waals surface area contributed by atoms with Crippen LogP contribution >= 0.6 is 23.4 Å². The van der Waals surface area contributed by atoms with Crippen LogP contribution in [0.3, 0.4) is 0 Å². The molecule has 0 bridgehead atoms. The highest BCUT2D eigenvalue weighted by molar-refractivity contribution is 7.98. The van der Waals surface area contributed by atoms with Crippen molar-refractivity contribution in [3.63, 3.8) is 0 Å². The van der Waals surface area contributed by atoms with E-state index in [0.29, 0.717) is 10.6 Å². The van der Waals surface area contributed by atoms with Crippen molar-refractivity contribution >= 4 is 35.1 Å². The number of aryl methyl sites for hydroxylation is 1. The minimum Gasteiger partial charge on any atom is -0.306 e. The average molecular weight is 384 g/mol. The van der Waals surface area contributed by atoms with Crippen LogP contribution in [0.4, 0.5) is 5.82 Å². The summed E-state index contributed by atoms with van der Waals surface area (Å²) >= 11 is 7.84. The van der Waals surface area contributed by atoms with Crippen molar-refractivity contribution in [1.29, 1.82) is 0 Å². The van der Waals surface area contributed by atoms with Crippen molar-refractivity contribution in [1.82, 2.24) is 9.78 Å². The number of amides is 1. The summed E-state index contributed by atoms with van der Waals surface area (Å²) in [4.78, 5) is 12.8. The summed E-state index contributed by atoms with van der Waals surface area (Å²) in [6, 6.07) is 13.1. The fourth-order valence-electron chi connectivity index (χ4n) is 3.09. The first kappa shape index (κ1) is 17.2. The standard InChI is InChI=1S/C20H18ClN3OS/c1-12-5-3-8-18(13(12)2)24-19(16-10-26-11-17(16)23-24)22-20(25)14-6-4-7-15(21)9-14/h3-9H,10-11H2,1-2H3,(H,22,25). The number of fused-ring (bicyclic) bond motifs is 1. The van der Waals surface area contributed by atoms with E-state index in [1.165, 1.54) is 5.56 Å². The molecule has 0 spiro atoms. The van der Waals surface area contributed by atoms with Gasteiger partial charge in [-0.2, -0.15) is 16.9 Å². The molecule has 4 rings (SSSR count). The van der Waals surface area contributed by atoms with Gasteiger partial charge in [-0.3, -0.25) is 4.79 Å². The Kier molecular flexibility index (Phi) is 4.51. The molecule has 6 heteroatoms. The average Bonchev–Trinajstić information content (AvgIpc) is 3.20. The number of nitrogens with one attached hydrogen (secondary N) is 1. The van der Waals surface area contributed by atoms with E-state index in [-0.39, 0.29) is 5.91 Å². The number of carbonyl (C=O) groups is 1. The maximum Gasteiger partial charge on any atom is 0.256 e. The highest BCUT2D eigenvalue weighted by Gasteiger charge is 2.25. The minimum absolute atomic E-state index is 0.182. The molecule has 0 saturated carbocycles. The first-order valence-corrected chi connectivity index (χ1v) is 9.90. The van der Waals surface area contributed by atoms with E-state index < -0.39 is 0 Å². The summed E-state index contributed by atoms with van der Waals surface area (Å²) in [7, 11) is 0. The lowest BCUT2D eigenvalue weighted by atomic mass is 10.1. The van der Waals surface area contributed by atoms with Crippen molar-refractivity contribution in [2.75, 3.05) is 5.32 Å². The maximum atomic E-state index is 12.8. The predicted molar refractivity (Wildman–Crippen MR) is 107 cm³/mol. The lowest BCUT2D eigenvalue weighted by molar-refractivity contribution is 0.102. The molecule has 1 aliphatic rings. The van der Waals surface area contributed by atoms with Gasteiger partial charge < -0.3 is 5.32 Å². The Hall–Kier alpha value is -2.24. The van der Waals surface area contributed by atoms with Gasteiger partial charge >= 0.3 is 0 Å². The van der Waals surface area contributed by atoms with Crippen LogP contribution in [0.5, 0.6) is 0 Å². The molecule has 4 nitrogen and oxygen atoms in total. The van der Waals surface area contributed by atoms with Crippen LogP contribution in [-0.4, -0.2) is 15.7 Å². The van der Waals surface area contributed by atoms with Crippen molar-refractivity contribution < 1.29 is 4.79 Å². The Labute approximate surface area is 161 Å². The molecule has 0 fully saturated rings. The van der Waals surface area contributed by atoms with Crippen LogP contribution < -0.4 is 5.32 Å². The number of carbonyl (C=O) groups excluding carboxylic acids is 1. The Morgan fingerprint density at radius 2 is 2.00 bits per heavy atom. The topological polar surface area (TPSA) is 46.9 Å². The fraction of sp³-hybridized carbons (Fsp3) is 0.200. The van der Waals surface area contributed by atoms with Gasteiger partial charge in [-0.05, 0) is 49.2 Å². The van der Waals surface area contributed by atoms with Crippen LogP contribution in [0, 0.1) is 13.8 Å². The van der Waals surface area contributed by atoms with Crippen LogP contribution in [0.15, 0.2) is 42.5 Å². The summed E-state index contributed by atoms with van der Waals surface area (Å²) in [6.45, 7) is 4.16. The Balaban J connectivity index is 1.78. The smallest absolute Gasteiger partial charge is 0.256 e. The monoisotopic (exact) mass is 383 g/mol. The SMILES string of the molecule is Cc1cccc(-n2nc3c(c2NC(=O)c2cccc(Cl)c2)CSC3)c1C. The second kappa shape index (κ2) is 6.82. The number of hydrogen-bond acceptors (Lipinski definition) is 3. The van der Waals surface area contributed by atoms with Gasteiger partial charge in [-0.25, -0.2) is 4.68 Å². The maximum absolute atomic E-state index is 12.8. The molecule has 2 aromatic carbocycles. The van der Waals surface area contributed by atoms with Crippen molar-refractivity contribution in [2.24, 2.45) is 0 Å². The molecular formula is C20H18ClN3OS. The summed E-state index contributed by atoms with van der Waals surface area (Å²) in [5.41, 5.74) is 6.01. The zero-order valence-electron chi connectivity index (χ0n) is 14.5. The van der Waals surface area contributed by atoms with Crippen molar-refractivity contribution in [2.45, 2.75) is 25.4 Å². The van der Waals surface area contributed by atoms with E-state index in [1.54, 1.807) is 24.3 Å². The normalized spacial score (nSPS) is 12.9. The zero-order valence-corrected chi connectivity index (χ0v) is 16.1.